The van der Waals surface area contributed by atoms with E-state index in [1.54, 1.807) is 0 Å². The van der Waals surface area contributed by atoms with E-state index in [1.807, 2.05) is 0 Å². The van der Waals surface area contributed by atoms with Crippen molar-refractivity contribution in [2.45, 2.75) is 48.5 Å². The van der Waals surface area contributed by atoms with Gasteiger partial charge in [0.15, 0.2) is 0 Å². The maximum absolute atomic E-state index is 3.32. The fourth-order valence-corrected chi connectivity index (χ4v) is 4.00. The average molecular weight is 185 g/mol. The van der Waals surface area contributed by atoms with Crippen molar-refractivity contribution in [2.24, 2.45) is 0 Å². The monoisotopic (exact) mass is 185 g/mol. The summed E-state index contributed by atoms with van der Waals surface area (Å²) >= 11 is 2.28. The van der Waals surface area contributed by atoms with Gasteiger partial charge >= 0.3 is 0 Å². The highest BCUT2D eigenvalue weighted by Crippen LogP contribution is 2.52. The molecule has 0 atom stereocenters. The maximum Gasteiger partial charge on any atom is 0.0288 e. The third-order valence-corrected chi connectivity index (χ3v) is 4.88. The molecule has 0 aromatic carbocycles. The molecule has 0 spiro atoms. The topological polar surface area (TPSA) is 12.0 Å². The number of nitrogens with one attached hydrogen (secondary N) is 1. The highest BCUT2D eigenvalue weighted by molar-refractivity contribution is 8.01. The van der Waals surface area contributed by atoms with Crippen molar-refractivity contribution in [3.8, 4) is 0 Å². The fraction of sp³-hybridized carbons (Fsp3) is 1.00. The van der Waals surface area contributed by atoms with Crippen molar-refractivity contribution in [3.63, 3.8) is 0 Å². The smallest absolute Gasteiger partial charge is 0.0288 e. The van der Waals surface area contributed by atoms with Crippen LogP contribution in [0.4, 0.5) is 0 Å². The Kier molecular flexibility index (Phi) is 2.66. The third-order valence-electron chi connectivity index (χ3n) is 3.03. The molecule has 2 saturated carbocycles. The third kappa shape index (κ3) is 1.97. The quantitative estimate of drug-likeness (QED) is 0.722. The molecule has 2 heteroatoms. The summed E-state index contributed by atoms with van der Waals surface area (Å²) in [5.41, 5.74) is 0. The van der Waals surface area contributed by atoms with Gasteiger partial charge in [0, 0.05) is 16.5 Å². The van der Waals surface area contributed by atoms with E-state index < -0.39 is 0 Å². The standard InChI is InChI=1S/C10H19NS/c1-11-8-10(6-7-10)12-9-4-2-3-5-9/h9,11H,2-8H2,1H3. The zero-order valence-electron chi connectivity index (χ0n) is 7.94. The highest BCUT2D eigenvalue weighted by atomic mass is 32.2. The summed E-state index contributed by atoms with van der Waals surface area (Å²) < 4.78 is 0.670. The molecule has 2 fully saturated rings. The van der Waals surface area contributed by atoms with E-state index in [0.717, 1.165) is 5.25 Å². The van der Waals surface area contributed by atoms with Crippen molar-refractivity contribution in [2.75, 3.05) is 13.6 Å². The van der Waals surface area contributed by atoms with Crippen molar-refractivity contribution in [3.05, 3.63) is 0 Å². The predicted octanol–water partition coefficient (Wildman–Crippen LogP) is 2.41. The Hall–Kier alpha value is 0.310. The minimum atomic E-state index is 0.670. The maximum atomic E-state index is 3.32. The Morgan fingerprint density at radius 1 is 1.33 bits per heavy atom. The van der Waals surface area contributed by atoms with Gasteiger partial charge < -0.3 is 5.32 Å². The van der Waals surface area contributed by atoms with Crippen LogP contribution in [0.5, 0.6) is 0 Å². The van der Waals surface area contributed by atoms with Gasteiger partial charge in [-0.25, -0.2) is 0 Å². The molecule has 0 radical (unpaired) electrons. The first kappa shape index (κ1) is 8.89. The molecule has 0 aromatic rings. The zero-order chi connectivity index (χ0) is 8.44. The van der Waals surface area contributed by atoms with Gasteiger partial charge in [-0.3, -0.25) is 0 Å². The van der Waals surface area contributed by atoms with Crippen LogP contribution in [-0.2, 0) is 0 Å². The lowest BCUT2D eigenvalue weighted by molar-refractivity contribution is 0.744. The Labute approximate surface area is 79.7 Å². The molecule has 2 rings (SSSR count). The van der Waals surface area contributed by atoms with Crippen molar-refractivity contribution < 1.29 is 0 Å². The second-order valence-electron chi connectivity index (χ2n) is 4.24. The lowest BCUT2D eigenvalue weighted by atomic mass is 10.4. The number of hydrogen-bond donors (Lipinski definition) is 1. The molecule has 1 nitrogen and oxygen atoms in total. The van der Waals surface area contributed by atoms with Gasteiger partial charge in [0.05, 0.1) is 0 Å². The SMILES string of the molecule is CNCC1(SC2CCCC2)CC1. The molecule has 1 N–H and O–H groups in total. The van der Waals surface area contributed by atoms with Crippen LogP contribution >= 0.6 is 11.8 Å². The molecule has 0 heterocycles. The Bertz CT molecular complexity index is 148. The van der Waals surface area contributed by atoms with Crippen LogP contribution in [0.1, 0.15) is 38.5 Å². The largest absolute Gasteiger partial charge is 0.318 e. The van der Waals surface area contributed by atoms with E-state index in [-0.39, 0.29) is 0 Å². The first-order valence-electron chi connectivity index (χ1n) is 5.17. The van der Waals surface area contributed by atoms with E-state index in [1.165, 1.54) is 45.1 Å². The van der Waals surface area contributed by atoms with Crippen molar-refractivity contribution >= 4 is 11.8 Å². The van der Waals surface area contributed by atoms with Crippen LogP contribution in [-0.4, -0.2) is 23.6 Å². The molecule has 2 aliphatic rings. The van der Waals surface area contributed by atoms with Gasteiger partial charge in [0.25, 0.3) is 0 Å². The average Bonchev–Trinajstić information content (AvgIpc) is 2.63. The fourth-order valence-electron chi connectivity index (χ4n) is 2.16. The van der Waals surface area contributed by atoms with Gasteiger partial charge in [0.1, 0.15) is 0 Å². The first-order chi connectivity index (χ1) is 5.85. The van der Waals surface area contributed by atoms with Crippen LogP contribution in [0.15, 0.2) is 0 Å². The van der Waals surface area contributed by atoms with Gasteiger partial charge in [-0.1, -0.05) is 12.8 Å². The summed E-state index contributed by atoms with van der Waals surface area (Å²) in [4.78, 5) is 0. The van der Waals surface area contributed by atoms with Gasteiger partial charge in [0.2, 0.25) is 0 Å². The highest BCUT2D eigenvalue weighted by Gasteiger charge is 2.44. The van der Waals surface area contributed by atoms with E-state index in [4.69, 9.17) is 0 Å². The molecule has 0 aliphatic heterocycles. The van der Waals surface area contributed by atoms with Gasteiger partial charge in [-0.15, -0.1) is 0 Å². The van der Waals surface area contributed by atoms with E-state index in [9.17, 15) is 0 Å². The Morgan fingerprint density at radius 2 is 2.00 bits per heavy atom. The van der Waals surface area contributed by atoms with E-state index >= 15 is 0 Å². The van der Waals surface area contributed by atoms with Crippen molar-refractivity contribution in [1.82, 2.24) is 5.32 Å². The molecule has 12 heavy (non-hydrogen) atoms. The Morgan fingerprint density at radius 3 is 2.50 bits per heavy atom. The second kappa shape index (κ2) is 3.59. The minimum absolute atomic E-state index is 0.670. The molecular formula is C10H19NS. The van der Waals surface area contributed by atoms with Crippen LogP contribution in [0, 0.1) is 0 Å². The Balaban J connectivity index is 1.77. The summed E-state index contributed by atoms with van der Waals surface area (Å²) in [6, 6.07) is 0. The predicted molar refractivity (Wildman–Crippen MR) is 55.7 cm³/mol. The zero-order valence-corrected chi connectivity index (χ0v) is 8.75. The number of thioether (sulfide) groups is 1. The van der Waals surface area contributed by atoms with Crippen LogP contribution < -0.4 is 5.32 Å². The summed E-state index contributed by atoms with van der Waals surface area (Å²) in [6.45, 7) is 1.23. The molecular weight excluding hydrogens is 166 g/mol. The molecule has 0 bridgehead atoms. The van der Waals surface area contributed by atoms with Crippen LogP contribution in [0.3, 0.4) is 0 Å². The first-order valence-corrected chi connectivity index (χ1v) is 6.05. The summed E-state index contributed by atoms with van der Waals surface area (Å²) in [5.74, 6) is 0. The van der Waals surface area contributed by atoms with E-state index in [0.29, 0.717) is 4.75 Å². The summed E-state index contributed by atoms with van der Waals surface area (Å²) in [7, 11) is 2.08. The molecule has 2 aliphatic carbocycles. The molecule has 0 unspecified atom stereocenters. The lowest BCUT2D eigenvalue weighted by Gasteiger charge is -2.18. The lowest BCUT2D eigenvalue weighted by Crippen LogP contribution is -2.24. The second-order valence-corrected chi connectivity index (χ2v) is 6.01. The van der Waals surface area contributed by atoms with Crippen LogP contribution in [0.25, 0.3) is 0 Å². The normalized spacial score (nSPS) is 27.8. The van der Waals surface area contributed by atoms with Gasteiger partial charge in [-0.2, -0.15) is 11.8 Å². The van der Waals surface area contributed by atoms with Crippen LogP contribution in [0.2, 0.25) is 0 Å². The molecule has 0 aromatic heterocycles. The number of rotatable bonds is 4. The molecule has 70 valence electrons. The molecule has 0 saturated heterocycles. The van der Waals surface area contributed by atoms with E-state index in [2.05, 4.69) is 24.1 Å². The molecule has 0 amide bonds. The summed E-state index contributed by atoms with van der Waals surface area (Å²) in [6.07, 6.45) is 8.83. The number of hydrogen-bond acceptors (Lipinski definition) is 2. The summed E-state index contributed by atoms with van der Waals surface area (Å²) in [5, 5.41) is 4.32. The van der Waals surface area contributed by atoms with Crippen molar-refractivity contribution in [1.29, 1.82) is 0 Å². The minimum Gasteiger partial charge on any atom is -0.318 e. The van der Waals surface area contributed by atoms with Gasteiger partial charge in [-0.05, 0) is 32.7 Å².